The summed E-state index contributed by atoms with van der Waals surface area (Å²) in [4.78, 5) is 13.6. The van der Waals surface area contributed by atoms with Crippen molar-refractivity contribution < 1.29 is 19.7 Å². The molecular formula is C17H30N3O4P. The number of carbonyl (C=O) groups is 1. The van der Waals surface area contributed by atoms with Gasteiger partial charge in [0.15, 0.2) is 6.23 Å². The molecule has 1 fully saturated rings. The molecule has 0 unspecified atom stereocenters. The minimum Gasteiger partial charge on any atom is -0.388 e. The average molecular weight is 371 g/mol. The Morgan fingerprint density at radius 2 is 2.08 bits per heavy atom. The van der Waals surface area contributed by atoms with Gasteiger partial charge in [-0.05, 0) is 45.3 Å². The van der Waals surface area contributed by atoms with Crippen molar-refractivity contribution in [2.24, 2.45) is 5.73 Å². The number of aliphatic hydroxyl groups excluding tert-OH is 2. The fourth-order valence-electron chi connectivity index (χ4n) is 2.95. The number of hydrogen-bond donors (Lipinski definition) is 4. The molecule has 0 aromatic rings. The van der Waals surface area contributed by atoms with Gasteiger partial charge in [-0.3, -0.25) is 4.79 Å². The molecule has 0 spiro atoms. The van der Waals surface area contributed by atoms with Crippen LogP contribution in [0.25, 0.3) is 0 Å². The summed E-state index contributed by atoms with van der Waals surface area (Å²) in [5.41, 5.74) is 6.06. The Morgan fingerprint density at radius 1 is 1.40 bits per heavy atom. The quantitative estimate of drug-likeness (QED) is 0.471. The van der Waals surface area contributed by atoms with Crippen LogP contribution in [0.1, 0.15) is 19.3 Å². The van der Waals surface area contributed by atoms with Crippen LogP contribution in [0.15, 0.2) is 24.2 Å². The highest BCUT2D eigenvalue weighted by atomic mass is 31.2. The lowest BCUT2D eigenvalue weighted by atomic mass is 10.1. The van der Waals surface area contributed by atoms with Gasteiger partial charge in [-0.15, -0.1) is 13.2 Å². The van der Waals surface area contributed by atoms with E-state index in [1.54, 1.807) is 11.1 Å². The normalized spacial score (nSPS) is 30.4. The van der Waals surface area contributed by atoms with Crippen LogP contribution in [0.4, 0.5) is 0 Å². The fourth-order valence-corrected chi connectivity index (χ4v) is 3.91. The molecule has 25 heavy (non-hydrogen) atoms. The number of amides is 1. The first-order chi connectivity index (χ1) is 11.6. The lowest BCUT2D eigenvalue weighted by Gasteiger charge is -2.34. The second kappa shape index (κ2) is 8.06. The number of aliphatic hydroxyl groups is 2. The summed E-state index contributed by atoms with van der Waals surface area (Å²) in [5.74, 6) is 0.103. The van der Waals surface area contributed by atoms with Crippen LogP contribution in [0.5, 0.6) is 0 Å². The lowest BCUT2D eigenvalue weighted by Crippen LogP contribution is -2.47. The lowest BCUT2D eigenvalue weighted by molar-refractivity contribution is -0.119. The Labute approximate surface area is 149 Å². The summed E-state index contributed by atoms with van der Waals surface area (Å²) in [7, 11) is 0. The zero-order valence-electron chi connectivity index (χ0n) is 15.0. The summed E-state index contributed by atoms with van der Waals surface area (Å²) >= 11 is 0. The van der Waals surface area contributed by atoms with Crippen LogP contribution in [-0.4, -0.2) is 77.9 Å². The number of ether oxygens (including phenoxy) is 1. The molecule has 2 heterocycles. The van der Waals surface area contributed by atoms with Crippen LogP contribution < -0.4 is 11.1 Å². The van der Waals surface area contributed by atoms with E-state index >= 15 is 0 Å². The SMILES string of the molecule is C=C1NC(=O)C(CCCN)=CN1[C@@H]1O[C@H](CCP(=C)(C)C)[C@@H](O)[C@H]1O. The van der Waals surface area contributed by atoms with E-state index in [0.717, 1.165) is 6.16 Å². The summed E-state index contributed by atoms with van der Waals surface area (Å²) in [6, 6.07) is 0. The molecule has 1 amide bonds. The molecule has 0 saturated carbocycles. The molecule has 8 heteroatoms. The maximum Gasteiger partial charge on any atom is 0.254 e. The minimum atomic E-state index is -1.24. The van der Waals surface area contributed by atoms with Crippen LogP contribution in [-0.2, 0) is 9.53 Å². The van der Waals surface area contributed by atoms with Crippen molar-refractivity contribution in [3.8, 4) is 0 Å². The van der Waals surface area contributed by atoms with Crippen molar-refractivity contribution in [1.29, 1.82) is 0 Å². The van der Waals surface area contributed by atoms with Crippen molar-refractivity contribution in [3.63, 3.8) is 0 Å². The zero-order chi connectivity index (χ0) is 18.8. The highest BCUT2D eigenvalue weighted by Crippen LogP contribution is 2.38. The van der Waals surface area contributed by atoms with Crippen LogP contribution in [0, 0.1) is 0 Å². The molecular weight excluding hydrogens is 341 g/mol. The highest BCUT2D eigenvalue weighted by molar-refractivity contribution is 7.72. The van der Waals surface area contributed by atoms with Gasteiger partial charge >= 0.3 is 0 Å². The predicted molar refractivity (Wildman–Crippen MR) is 102 cm³/mol. The van der Waals surface area contributed by atoms with Gasteiger partial charge in [0.2, 0.25) is 0 Å². The van der Waals surface area contributed by atoms with E-state index < -0.39 is 31.4 Å². The summed E-state index contributed by atoms with van der Waals surface area (Å²) in [5, 5.41) is 23.4. The first kappa shape index (κ1) is 20.2. The summed E-state index contributed by atoms with van der Waals surface area (Å²) in [6.45, 7) is 7.31. The maximum absolute atomic E-state index is 12.0. The number of carbonyl (C=O) groups excluding carboxylic acids is 1. The molecule has 7 nitrogen and oxygen atoms in total. The topological polar surface area (TPSA) is 108 Å². The van der Waals surface area contributed by atoms with Gasteiger partial charge in [-0.25, -0.2) is 0 Å². The fraction of sp³-hybridized carbons (Fsp3) is 0.647. The highest BCUT2D eigenvalue weighted by Gasteiger charge is 2.46. The Kier molecular flexibility index (Phi) is 6.51. The van der Waals surface area contributed by atoms with Crippen LogP contribution >= 0.6 is 6.89 Å². The molecule has 2 rings (SSSR count). The Balaban J connectivity index is 2.13. The van der Waals surface area contributed by atoms with Crippen molar-refractivity contribution >= 4 is 19.1 Å². The minimum absolute atomic E-state index is 0.220. The van der Waals surface area contributed by atoms with Crippen molar-refractivity contribution in [2.75, 3.05) is 26.0 Å². The molecule has 1 saturated heterocycles. The van der Waals surface area contributed by atoms with Gasteiger partial charge in [0.05, 0.1) is 6.10 Å². The first-order valence-electron chi connectivity index (χ1n) is 8.52. The molecule has 4 atom stereocenters. The predicted octanol–water partition coefficient (Wildman–Crippen LogP) is 0.0582. The Morgan fingerprint density at radius 3 is 2.68 bits per heavy atom. The maximum atomic E-state index is 12.0. The van der Waals surface area contributed by atoms with Crippen LogP contribution in [0.2, 0.25) is 0 Å². The van der Waals surface area contributed by atoms with E-state index in [1.165, 1.54) is 0 Å². The molecule has 0 aliphatic carbocycles. The Hall–Kier alpha value is -1.11. The third-order valence-electron chi connectivity index (χ3n) is 4.44. The standard InChI is InChI=1S/C17H30N3O4P/c1-11-19-16(23)12(6-5-8-18)10-20(11)17-15(22)14(21)13(24-17)7-9-25(2,3)4/h10,13-15,17,21-22H,1-2,5-9,18H2,3-4H3,(H,19,23)/t13-,14-,15-,17-/m1/s1. The molecule has 0 radical (unpaired) electrons. The van der Waals surface area contributed by atoms with E-state index in [1.807, 2.05) is 0 Å². The van der Waals surface area contributed by atoms with E-state index in [-0.39, 0.29) is 5.91 Å². The van der Waals surface area contributed by atoms with Gasteiger partial charge in [-0.1, -0.05) is 6.58 Å². The van der Waals surface area contributed by atoms with Gasteiger partial charge in [-0.2, -0.15) is 0 Å². The average Bonchev–Trinajstić information content (AvgIpc) is 2.80. The number of nitrogens with two attached hydrogens (primary N) is 1. The third-order valence-corrected chi connectivity index (χ3v) is 5.91. The summed E-state index contributed by atoms with van der Waals surface area (Å²) in [6.07, 6.45) is 5.19. The van der Waals surface area contributed by atoms with Crippen LogP contribution in [0.3, 0.4) is 0 Å². The molecule has 2 aliphatic heterocycles. The Bertz CT molecular complexity index is 601. The second-order valence-electron chi connectivity index (χ2n) is 7.35. The number of rotatable bonds is 7. The van der Waals surface area contributed by atoms with E-state index in [9.17, 15) is 15.0 Å². The van der Waals surface area contributed by atoms with Gasteiger partial charge in [0.1, 0.15) is 18.0 Å². The third kappa shape index (κ3) is 4.96. The molecule has 0 aromatic heterocycles. The van der Waals surface area contributed by atoms with Gasteiger partial charge in [0.25, 0.3) is 5.91 Å². The monoisotopic (exact) mass is 371 g/mol. The van der Waals surface area contributed by atoms with E-state index in [2.05, 4.69) is 31.5 Å². The van der Waals surface area contributed by atoms with E-state index in [4.69, 9.17) is 10.5 Å². The van der Waals surface area contributed by atoms with E-state index in [0.29, 0.717) is 37.2 Å². The number of hydrogen-bond acceptors (Lipinski definition) is 6. The van der Waals surface area contributed by atoms with Gasteiger partial charge < -0.3 is 30.9 Å². The molecule has 0 aromatic carbocycles. The second-order valence-corrected chi connectivity index (χ2v) is 11.7. The molecule has 0 bridgehead atoms. The number of nitrogens with one attached hydrogen (secondary N) is 1. The molecule has 142 valence electrons. The van der Waals surface area contributed by atoms with Gasteiger partial charge in [0, 0.05) is 11.8 Å². The smallest absolute Gasteiger partial charge is 0.254 e. The summed E-state index contributed by atoms with van der Waals surface area (Å²) < 4.78 is 5.91. The first-order valence-corrected chi connectivity index (χ1v) is 11.6. The molecule has 2 aliphatic rings. The van der Waals surface area contributed by atoms with Crippen molar-refractivity contribution in [3.05, 3.63) is 24.2 Å². The largest absolute Gasteiger partial charge is 0.388 e. The number of nitrogens with zero attached hydrogens (tertiary/aromatic N) is 1. The zero-order valence-corrected chi connectivity index (χ0v) is 15.9. The van der Waals surface area contributed by atoms with Crippen molar-refractivity contribution in [2.45, 2.75) is 43.8 Å². The molecule has 5 N–H and O–H groups in total. The van der Waals surface area contributed by atoms with Crippen molar-refractivity contribution in [1.82, 2.24) is 10.2 Å².